The average Bonchev–Trinajstić information content (AvgIpc) is 3.23. The van der Waals surface area contributed by atoms with Crippen LogP contribution in [0.4, 0.5) is 5.69 Å². The zero-order valence-electron chi connectivity index (χ0n) is 17.5. The fourth-order valence-corrected chi connectivity index (χ4v) is 3.67. The predicted octanol–water partition coefficient (Wildman–Crippen LogP) is 6.20. The number of halogens is 2. The Morgan fingerprint density at radius 1 is 1.06 bits per heavy atom. The molecule has 0 fully saturated rings. The molecule has 4 rings (SSSR count). The Balaban J connectivity index is 1.76. The molecule has 1 heterocycles. The van der Waals surface area contributed by atoms with E-state index >= 15 is 0 Å². The van der Waals surface area contributed by atoms with Crippen LogP contribution in [0.3, 0.4) is 0 Å². The second-order valence-electron chi connectivity index (χ2n) is 6.99. The summed E-state index contributed by atoms with van der Waals surface area (Å²) in [6.45, 7) is 4.36. The van der Waals surface area contributed by atoms with Gasteiger partial charge in [0.05, 0.1) is 23.0 Å². The summed E-state index contributed by atoms with van der Waals surface area (Å²) in [5.41, 5.74) is 2.82. The number of nitrogens with one attached hydrogen (secondary N) is 1. The summed E-state index contributed by atoms with van der Waals surface area (Å²) in [6, 6.07) is 20.0. The van der Waals surface area contributed by atoms with Gasteiger partial charge in [0.1, 0.15) is 5.75 Å². The van der Waals surface area contributed by atoms with Crippen molar-refractivity contribution in [2.75, 3.05) is 11.9 Å². The maximum Gasteiger partial charge on any atom is 0.295 e. The van der Waals surface area contributed by atoms with Crippen LogP contribution in [0.1, 0.15) is 23.1 Å². The van der Waals surface area contributed by atoms with Crippen molar-refractivity contribution in [2.24, 2.45) is 0 Å². The molecular weight excluding hydrogens is 447 g/mol. The zero-order chi connectivity index (χ0) is 22.7. The highest BCUT2D eigenvalue weighted by Crippen LogP contribution is 2.27. The van der Waals surface area contributed by atoms with Gasteiger partial charge in [0.2, 0.25) is 5.82 Å². The number of aromatic nitrogens is 3. The number of para-hydroxylation sites is 1. The predicted molar refractivity (Wildman–Crippen MR) is 127 cm³/mol. The van der Waals surface area contributed by atoms with Gasteiger partial charge < -0.3 is 10.1 Å². The van der Waals surface area contributed by atoms with Gasteiger partial charge in [-0.05, 0) is 61.9 Å². The van der Waals surface area contributed by atoms with Gasteiger partial charge in [-0.25, -0.2) is 9.67 Å². The van der Waals surface area contributed by atoms with E-state index in [1.165, 1.54) is 0 Å². The van der Waals surface area contributed by atoms with Crippen LogP contribution in [0.15, 0.2) is 66.7 Å². The summed E-state index contributed by atoms with van der Waals surface area (Å²) >= 11 is 12.5. The van der Waals surface area contributed by atoms with E-state index in [4.69, 9.17) is 27.9 Å². The number of anilines is 1. The average molecular weight is 467 g/mol. The molecule has 32 heavy (non-hydrogen) atoms. The summed E-state index contributed by atoms with van der Waals surface area (Å²) < 4.78 is 7.13. The molecule has 0 radical (unpaired) electrons. The number of hydrogen-bond acceptors (Lipinski definition) is 4. The van der Waals surface area contributed by atoms with Crippen LogP contribution in [0.25, 0.3) is 17.1 Å². The van der Waals surface area contributed by atoms with Gasteiger partial charge in [0.25, 0.3) is 5.91 Å². The minimum Gasteiger partial charge on any atom is -0.494 e. The molecule has 1 N–H and O–H groups in total. The Labute approximate surface area is 195 Å². The van der Waals surface area contributed by atoms with Crippen LogP contribution < -0.4 is 10.1 Å². The largest absolute Gasteiger partial charge is 0.494 e. The first-order valence-electron chi connectivity index (χ1n) is 9.99. The molecule has 0 saturated heterocycles. The second kappa shape index (κ2) is 9.42. The third-order valence-corrected chi connectivity index (χ3v) is 5.30. The lowest BCUT2D eigenvalue weighted by atomic mass is 10.2. The van der Waals surface area contributed by atoms with Crippen molar-refractivity contribution in [2.45, 2.75) is 13.8 Å². The molecule has 1 amide bonds. The molecule has 1 aromatic heterocycles. The van der Waals surface area contributed by atoms with Crippen LogP contribution in [0.5, 0.6) is 5.75 Å². The van der Waals surface area contributed by atoms with Crippen molar-refractivity contribution in [3.05, 3.63) is 88.2 Å². The van der Waals surface area contributed by atoms with E-state index < -0.39 is 5.91 Å². The van der Waals surface area contributed by atoms with E-state index in [2.05, 4.69) is 15.4 Å². The van der Waals surface area contributed by atoms with Crippen LogP contribution >= 0.6 is 23.2 Å². The summed E-state index contributed by atoms with van der Waals surface area (Å²) in [7, 11) is 0. The fraction of sp³-hybridized carbons (Fsp3) is 0.125. The number of hydrogen-bond donors (Lipinski definition) is 1. The van der Waals surface area contributed by atoms with E-state index in [-0.39, 0.29) is 5.82 Å². The van der Waals surface area contributed by atoms with Crippen molar-refractivity contribution < 1.29 is 9.53 Å². The highest BCUT2D eigenvalue weighted by molar-refractivity contribution is 6.34. The lowest BCUT2D eigenvalue weighted by Crippen LogP contribution is -2.15. The number of ether oxygens (including phenoxy) is 1. The molecule has 0 saturated carbocycles. The Morgan fingerprint density at radius 2 is 1.81 bits per heavy atom. The van der Waals surface area contributed by atoms with E-state index in [0.717, 1.165) is 22.6 Å². The number of nitrogens with zero attached hydrogens (tertiary/aromatic N) is 3. The van der Waals surface area contributed by atoms with Gasteiger partial charge in [-0.1, -0.05) is 47.5 Å². The molecule has 6 nitrogen and oxygen atoms in total. The number of aryl methyl sites for hydroxylation is 1. The fourth-order valence-electron chi connectivity index (χ4n) is 3.21. The van der Waals surface area contributed by atoms with Crippen molar-refractivity contribution in [3.63, 3.8) is 0 Å². The SMILES string of the molecule is CCOc1ccc(-n2nc(C(=O)Nc3c(C)cccc3Cl)nc2-c2cccc(Cl)c2)cc1. The summed E-state index contributed by atoms with van der Waals surface area (Å²) in [5.74, 6) is 0.771. The van der Waals surface area contributed by atoms with Gasteiger partial charge in [-0.3, -0.25) is 4.79 Å². The highest BCUT2D eigenvalue weighted by Gasteiger charge is 2.20. The number of benzene rings is 3. The third kappa shape index (κ3) is 4.61. The van der Waals surface area contributed by atoms with Gasteiger partial charge in [-0.15, -0.1) is 5.10 Å². The molecule has 162 valence electrons. The standard InChI is InChI=1S/C24H20Cl2N4O2/c1-3-32-19-12-10-18(11-13-19)30-23(16-7-5-8-17(25)14-16)28-22(29-30)24(31)27-21-15(2)6-4-9-20(21)26/h4-14H,3H2,1-2H3,(H,27,31). The first kappa shape index (κ1) is 21.9. The molecule has 3 aromatic carbocycles. The van der Waals surface area contributed by atoms with Gasteiger partial charge >= 0.3 is 0 Å². The normalized spacial score (nSPS) is 10.8. The minimum atomic E-state index is -0.464. The van der Waals surface area contributed by atoms with Crippen molar-refractivity contribution in [1.29, 1.82) is 0 Å². The smallest absolute Gasteiger partial charge is 0.295 e. The van der Waals surface area contributed by atoms with E-state index in [1.54, 1.807) is 22.9 Å². The van der Waals surface area contributed by atoms with Crippen LogP contribution in [0.2, 0.25) is 10.0 Å². The van der Waals surface area contributed by atoms with Crippen molar-refractivity contribution in [3.8, 4) is 22.8 Å². The Morgan fingerprint density at radius 3 is 2.50 bits per heavy atom. The molecule has 0 atom stereocenters. The van der Waals surface area contributed by atoms with Crippen LogP contribution in [-0.2, 0) is 0 Å². The first-order valence-corrected chi connectivity index (χ1v) is 10.7. The Kier molecular flexibility index (Phi) is 6.44. The van der Waals surface area contributed by atoms with Crippen LogP contribution in [-0.4, -0.2) is 27.3 Å². The molecule has 0 bridgehead atoms. The van der Waals surface area contributed by atoms with Gasteiger partial charge in [-0.2, -0.15) is 0 Å². The number of carbonyl (C=O) groups is 1. The van der Waals surface area contributed by atoms with Gasteiger partial charge in [0.15, 0.2) is 5.82 Å². The minimum absolute atomic E-state index is 0.00757. The quantitative estimate of drug-likeness (QED) is 0.367. The molecule has 0 spiro atoms. The Bertz CT molecular complexity index is 1250. The molecule has 8 heteroatoms. The maximum absolute atomic E-state index is 13.0. The lowest BCUT2D eigenvalue weighted by Gasteiger charge is -2.08. The highest BCUT2D eigenvalue weighted by atomic mass is 35.5. The topological polar surface area (TPSA) is 69.0 Å². The van der Waals surface area contributed by atoms with E-state index in [1.807, 2.05) is 62.4 Å². The maximum atomic E-state index is 13.0. The van der Waals surface area contributed by atoms with Gasteiger partial charge in [0, 0.05) is 10.6 Å². The Hall–Kier alpha value is -3.35. The number of amides is 1. The molecule has 0 aliphatic heterocycles. The second-order valence-corrected chi connectivity index (χ2v) is 7.84. The summed E-state index contributed by atoms with van der Waals surface area (Å²) in [4.78, 5) is 17.5. The first-order chi connectivity index (χ1) is 15.5. The lowest BCUT2D eigenvalue weighted by molar-refractivity contribution is 0.101. The zero-order valence-corrected chi connectivity index (χ0v) is 19.0. The number of carbonyl (C=O) groups excluding carboxylic acids is 1. The number of rotatable bonds is 6. The molecule has 0 aliphatic carbocycles. The van der Waals surface area contributed by atoms with Crippen LogP contribution in [0, 0.1) is 6.92 Å². The van der Waals surface area contributed by atoms with E-state index in [9.17, 15) is 4.79 Å². The van der Waals surface area contributed by atoms with E-state index in [0.29, 0.717) is 28.2 Å². The summed E-state index contributed by atoms with van der Waals surface area (Å²) in [6.07, 6.45) is 0. The molecule has 4 aromatic rings. The summed E-state index contributed by atoms with van der Waals surface area (Å²) in [5, 5.41) is 8.31. The third-order valence-electron chi connectivity index (χ3n) is 4.75. The van der Waals surface area contributed by atoms with Crippen molar-refractivity contribution in [1.82, 2.24) is 14.8 Å². The molecule has 0 unspecified atom stereocenters. The molecular formula is C24H20Cl2N4O2. The molecule has 0 aliphatic rings. The van der Waals surface area contributed by atoms with Crippen molar-refractivity contribution >= 4 is 34.8 Å². The monoisotopic (exact) mass is 466 g/mol.